The van der Waals surface area contributed by atoms with Crippen molar-refractivity contribution in [2.24, 2.45) is 0 Å². The van der Waals surface area contributed by atoms with Crippen LogP contribution in [0, 0.1) is 5.82 Å². The molecule has 21 heavy (non-hydrogen) atoms. The average molecular weight is 293 g/mol. The fraction of sp³-hybridized carbons (Fsp3) is 0.667. The van der Waals surface area contributed by atoms with Gasteiger partial charge in [-0.25, -0.2) is 4.39 Å². The molecule has 1 saturated carbocycles. The van der Waals surface area contributed by atoms with Gasteiger partial charge in [0.25, 0.3) is 0 Å². The third-order valence-electron chi connectivity index (χ3n) is 4.54. The van der Waals surface area contributed by atoms with Gasteiger partial charge in [0.15, 0.2) is 0 Å². The molecule has 0 heterocycles. The minimum atomic E-state index is -0.119. The van der Waals surface area contributed by atoms with Gasteiger partial charge in [-0.1, -0.05) is 38.0 Å². The van der Waals surface area contributed by atoms with Gasteiger partial charge in [0.05, 0.1) is 5.60 Å². The maximum Gasteiger partial charge on any atom is 0.126 e. The lowest BCUT2D eigenvalue weighted by Crippen LogP contribution is -2.52. The first-order chi connectivity index (χ1) is 10.2. The molecular weight excluding hydrogens is 265 g/mol. The predicted molar refractivity (Wildman–Crippen MR) is 85.0 cm³/mol. The molecule has 1 unspecified atom stereocenters. The first kappa shape index (κ1) is 16.4. The fourth-order valence-corrected chi connectivity index (χ4v) is 3.50. The van der Waals surface area contributed by atoms with E-state index in [0.29, 0.717) is 6.42 Å². The number of ether oxygens (including phenoxy) is 1. The van der Waals surface area contributed by atoms with Gasteiger partial charge in [0, 0.05) is 12.6 Å². The number of benzene rings is 1. The van der Waals surface area contributed by atoms with E-state index in [2.05, 4.69) is 19.2 Å². The van der Waals surface area contributed by atoms with Crippen molar-refractivity contribution in [3.63, 3.8) is 0 Å². The van der Waals surface area contributed by atoms with Gasteiger partial charge < -0.3 is 10.1 Å². The smallest absolute Gasteiger partial charge is 0.126 e. The summed E-state index contributed by atoms with van der Waals surface area (Å²) in [5.74, 6) is -0.106. The highest BCUT2D eigenvalue weighted by atomic mass is 19.1. The van der Waals surface area contributed by atoms with E-state index >= 15 is 0 Å². The normalized spacial score (nSPS) is 18.8. The van der Waals surface area contributed by atoms with Gasteiger partial charge in [-0.15, -0.1) is 0 Å². The molecule has 0 amide bonds. The number of hydrogen-bond acceptors (Lipinski definition) is 2. The molecule has 0 aliphatic heterocycles. The van der Waals surface area contributed by atoms with Crippen molar-refractivity contribution in [3.8, 4) is 0 Å². The lowest BCUT2D eigenvalue weighted by molar-refractivity contribution is -0.0613. The van der Waals surface area contributed by atoms with Crippen LogP contribution in [0.3, 0.4) is 0 Å². The summed E-state index contributed by atoms with van der Waals surface area (Å²) in [6, 6.07) is 7.30. The van der Waals surface area contributed by atoms with Crippen LogP contribution >= 0.6 is 0 Å². The summed E-state index contributed by atoms with van der Waals surface area (Å²) >= 11 is 0. The molecular formula is C18H28FNO. The Hall–Kier alpha value is -0.930. The highest BCUT2D eigenvalue weighted by Crippen LogP contribution is 2.37. The van der Waals surface area contributed by atoms with E-state index in [1.807, 2.05) is 12.1 Å². The van der Waals surface area contributed by atoms with E-state index in [0.717, 1.165) is 38.0 Å². The molecule has 1 atom stereocenters. The van der Waals surface area contributed by atoms with E-state index in [9.17, 15) is 4.39 Å². The Morgan fingerprint density at radius 1 is 1.24 bits per heavy atom. The Morgan fingerprint density at radius 2 is 1.95 bits per heavy atom. The molecule has 0 aromatic heterocycles. The summed E-state index contributed by atoms with van der Waals surface area (Å²) in [6.45, 7) is 5.89. The fourth-order valence-electron chi connectivity index (χ4n) is 3.50. The zero-order valence-electron chi connectivity index (χ0n) is 13.3. The van der Waals surface area contributed by atoms with E-state index in [1.165, 1.54) is 12.8 Å². The largest absolute Gasteiger partial charge is 0.374 e. The molecule has 1 fully saturated rings. The van der Waals surface area contributed by atoms with Gasteiger partial charge in [-0.05, 0) is 50.8 Å². The van der Waals surface area contributed by atoms with E-state index in [-0.39, 0.29) is 17.5 Å². The Bertz CT molecular complexity index is 429. The second kappa shape index (κ2) is 7.90. The minimum Gasteiger partial charge on any atom is -0.374 e. The maximum atomic E-state index is 14.0. The summed E-state index contributed by atoms with van der Waals surface area (Å²) in [4.78, 5) is 0. The molecule has 1 aliphatic rings. The maximum absolute atomic E-state index is 14.0. The molecule has 3 heteroatoms. The standard InChI is InChI=1S/C18H28FNO/c1-3-13-20-17(14-15-9-5-6-10-16(15)19)18(21-4-2)11-7-8-12-18/h5-6,9-10,17,20H,3-4,7-8,11-14H2,1-2H3. The number of halogens is 1. The zero-order valence-corrected chi connectivity index (χ0v) is 13.3. The lowest BCUT2D eigenvalue weighted by Gasteiger charge is -2.38. The second-order valence-corrected chi connectivity index (χ2v) is 6.01. The first-order valence-corrected chi connectivity index (χ1v) is 8.32. The number of hydrogen-bond donors (Lipinski definition) is 1. The van der Waals surface area contributed by atoms with Crippen LogP contribution in [-0.4, -0.2) is 24.8 Å². The minimum absolute atomic E-state index is 0.106. The predicted octanol–water partition coefficient (Wildman–Crippen LogP) is 4.09. The van der Waals surface area contributed by atoms with Crippen LogP contribution in [0.25, 0.3) is 0 Å². The van der Waals surface area contributed by atoms with Gasteiger partial charge in [-0.3, -0.25) is 0 Å². The Balaban J connectivity index is 2.18. The van der Waals surface area contributed by atoms with Crippen molar-refractivity contribution in [1.29, 1.82) is 0 Å². The molecule has 118 valence electrons. The van der Waals surface area contributed by atoms with Crippen LogP contribution in [0.1, 0.15) is 51.5 Å². The average Bonchev–Trinajstić information content (AvgIpc) is 2.95. The zero-order chi connectivity index (χ0) is 15.1. The lowest BCUT2D eigenvalue weighted by atomic mass is 9.87. The summed E-state index contributed by atoms with van der Waals surface area (Å²) in [5, 5.41) is 3.62. The Morgan fingerprint density at radius 3 is 2.57 bits per heavy atom. The molecule has 0 bridgehead atoms. The van der Waals surface area contributed by atoms with Crippen molar-refractivity contribution in [2.75, 3.05) is 13.2 Å². The van der Waals surface area contributed by atoms with Gasteiger partial charge in [0.1, 0.15) is 5.82 Å². The molecule has 0 spiro atoms. The number of rotatable bonds is 8. The third kappa shape index (κ3) is 4.04. The molecule has 1 aromatic rings. The monoisotopic (exact) mass is 293 g/mol. The van der Waals surface area contributed by atoms with Crippen LogP contribution in [0.4, 0.5) is 4.39 Å². The summed E-state index contributed by atoms with van der Waals surface area (Å²) in [6.07, 6.45) is 6.36. The topological polar surface area (TPSA) is 21.3 Å². The van der Waals surface area contributed by atoms with Crippen LogP contribution in [0.2, 0.25) is 0 Å². The van der Waals surface area contributed by atoms with E-state index in [1.54, 1.807) is 12.1 Å². The van der Waals surface area contributed by atoms with Crippen molar-refractivity contribution in [1.82, 2.24) is 5.32 Å². The quantitative estimate of drug-likeness (QED) is 0.779. The van der Waals surface area contributed by atoms with E-state index < -0.39 is 0 Å². The Kier molecular flexibility index (Phi) is 6.19. The molecule has 2 nitrogen and oxygen atoms in total. The van der Waals surface area contributed by atoms with Gasteiger partial charge in [0.2, 0.25) is 0 Å². The van der Waals surface area contributed by atoms with E-state index in [4.69, 9.17) is 4.74 Å². The third-order valence-corrected chi connectivity index (χ3v) is 4.54. The van der Waals surface area contributed by atoms with Crippen molar-refractivity contribution in [3.05, 3.63) is 35.6 Å². The summed E-state index contributed by atoms with van der Waals surface area (Å²) in [7, 11) is 0. The first-order valence-electron chi connectivity index (χ1n) is 8.32. The van der Waals surface area contributed by atoms with Crippen LogP contribution in [-0.2, 0) is 11.2 Å². The second-order valence-electron chi connectivity index (χ2n) is 6.01. The SMILES string of the molecule is CCCNC(Cc1ccccc1F)C1(OCC)CCCC1. The summed E-state index contributed by atoms with van der Waals surface area (Å²) < 4.78 is 20.2. The molecule has 1 aliphatic carbocycles. The van der Waals surface area contributed by atoms with Crippen LogP contribution in [0.15, 0.2) is 24.3 Å². The summed E-state index contributed by atoms with van der Waals surface area (Å²) in [5.41, 5.74) is 0.670. The molecule has 0 saturated heterocycles. The molecule has 1 N–H and O–H groups in total. The molecule has 1 aromatic carbocycles. The van der Waals surface area contributed by atoms with Gasteiger partial charge in [-0.2, -0.15) is 0 Å². The molecule has 2 rings (SSSR count). The van der Waals surface area contributed by atoms with Crippen molar-refractivity contribution in [2.45, 2.75) is 64.0 Å². The van der Waals surface area contributed by atoms with Crippen molar-refractivity contribution < 1.29 is 9.13 Å². The van der Waals surface area contributed by atoms with Crippen molar-refractivity contribution >= 4 is 0 Å². The highest BCUT2D eigenvalue weighted by Gasteiger charge is 2.42. The highest BCUT2D eigenvalue weighted by molar-refractivity contribution is 5.20. The van der Waals surface area contributed by atoms with Gasteiger partial charge >= 0.3 is 0 Å². The number of nitrogens with one attached hydrogen (secondary N) is 1. The Labute approximate surface area is 128 Å². The molecule has 0 radical (unpaired) electrons. The van der Waals surface area contributed by atoms with Crippen LogP contribution < -0.4 is 5.32 Å². The van der Waals surface area contributed by atoms with Crippen LogP contribution in [0.5, 0.6) is 0 Å².